The maximum absolute atomic E-state index is 12.1. The summed E-state index contributed by atoms with van der Waals surface area (Å²) in [5.41, 5.74) is 0. The van der Waals surface area contributed by atoms with Gasteiger partial charge in [-0.3, -0.25) is 14.6 Å². The number of rotatable bonds is 3. The van der Waals surface area contributed by atoms with Crippen LogP contribution in [0.3, 0.4) is 0 Å². The molecule has 0 bridgehead atoms. The van der Waals surface area contributed by atoms with Crippen molar-refractivity contribution in [2.24, 2.45) is 0 Å². The van der Waals surface area contributed by atoms with Crippen LogP contribution in [0.4, 0.5) is 13.2 Å². The fraction of sp³-hybridized carbons (Fsp3) is 0.889. The Labute approximate surface area is 91.6 Å². The van der Waals surface area contributed by atoms with Gasteiger partial charge in [0.15, 0.2) is 0 Å². The fourth-order valence-electron chi connectivity index (χ4n) is 1.88. The van der Waals surface area contributed by atoms with E-state index in [0.29, 0.717) is 6.54 Å². The molecule has 1 fully saturated rings. The van der Waals surface area contributed by atoms with Gasteiger partial charge in [-0.05, 0) is 6.92 Å². The molecule has 1 unspecified atom stereocenters. The molecule has 0 aromatic rings. The lowest BCUT2D eigenvalue weighted by Crippen LogP contribution is -2.54. The maximum atomic E-state index is 12.1. The molecule has 94 valence electrons. The van der Waals surface area contributed by atoms with Crippen molar-refractivity contribution in [2.45, 2.75) is 19.1 Å². The summed E-state index contributed by atoms with van der Waals surface area (Å²) in [6, 6.07) is -0.160. The molecule has 0 aromatic heterocycles. The molecule has 4 nitrogen and oxygen atoms in total. The number of carboxylic acids is 1. The van der Waals surface area contributed by atoms with Crippen LogP contribution in [0.25, 0.3) is 0 Å². The summed E-state index contributed by atoms with van der Waals surface area (Å²) in [4.78, 5) is 13.5. The highest BCUT2D eigenvalue weighted by atomic mass is 19.4. The minimum Gasteiger partial charge on any atom is -0.480 e. The van der Waals surface area contributed by atoms with Crippen LogP contribution in [0.5, 0.6) is 0 Å². The Kier molecular flexibility index (Phi) is 4.15. The van der Waals surface area contributed by atoms with Gasteiger partial charge in [0.1, 0.15) is 0 Å². The number of carbonyl (C=O) groups is 1. The molecule has 0 amide bonds. The van der Waals surface area contributed by atoms with E-state index in [1.165, 1.54) is 4.90 Å². The quantitative estimate of drug-likeness (QED) is 0.786. The summed E-state index contributed by atoms with van der Waals surface area (Å²) in [5.74, 6) is -0.948. The third-order valence-corrected chi connectivity index (χ3v) is 2.59. The van der Waals surface area contributed by atoms with Gasteiger partial charge in [0.25, 0.3) is 0 Å². The molecule has 16 heavy (non-hydrogen) atoms. The van der Waals surface area contributed by atoms with Crippen molar-refractivity contribution in [1.29, 1.82) is 0 Å². The molecule has 1 rings (SSSR count). The van der Waals surface area contributed by atoms with E-state index in [-0.39, 0.29) is 25.7 Å². The zero-order chi connectivity index (χ0) is 12.3. The van der Waals surface area contributed by atoms with Crippen LogP contribution in [0.15, 0.2) is 0 Å². The number of piperazine rings is 1. The monoisotopic (exact) mass is 240 g/mol. The van der Waals surface area contributed by atoms with Gasteiger partial charge in [0.2, 0.25) is 0 Å². The average molecular weight is 240 g/mol. The molecule has 1 heterocycles. The van der Waals surface area contributed by atoms with Crippen molar-refractivity contribution in [2.75, 3.05) is 32.7 Å². The molecule has 0 aliphatic carbocycles. The Morgan fingerprint density at radius 3 is 2.50 bits per heavy atom. The number of hydrogen-bond acceptors (Lipinski definition) is 3. The molecule has 0 aromatic carbocycles. The largest absolute Gasteiger partial charge is 0.480 e. The van der Waals surface area contributed by atoms with Crippen LogP contribution < -0.4 is 0 Å². The Balaban J connectivity index is 2.42. The molecule has 1 aliphatic rings. The van der Waals surface area contributed by atoms with E-state index in [1.807, 2.05) is 0 Å². The molecule has 1 N–H and O–H groups in total. The van der Waals surface area contributed by atoms with E-state index < -0.39 is 18.7 Å². The van der Waals surface area contributed by atoms with Gasteiger partial charge in [-0.15, -0.1) is 0 Å². The third kappa shape index (κ3) is 4.36. The van der Waals surface area contributed by atoms with Gasteiger partial charge in [-0.1, -0.05) is 0 Å². The van der Waals surface area contributed by atoms with Crippen molar-refractivity contribution in [3.8, 4) is 0 Å². The van der Waals surface area contributed by atoms with Crippen molar-refractivity contribution in [3.05, 3.63) is 0 Å². The van der Waals surface area contributed by atoms with E-state index in [9.17, 15) is 18.0 Å². The first-order valence-corrected chi connectivity index (χ1v) is 5.03. The summed E-state index contributed by atoms with van der Waals surface area (Å²) < 4.78 is 36.4. The molecule has 0 saturated carbocycles. The normalized spacial score (nSPS) is 24.6. The molecule has 1 aliphatic heterocycles. The predicted molar refractivity (Wildman–Crippen MR) is 51.2 cm³/mol. The van der Waals surface area contributed by atoms with Gasteiger partial charge in [0, 0.05) is 25.7 Å². The van der Waals surface area contributed by atoms with Crippen LogP contribution in [-0.2, 0) is 4.79 Å². The van der Waals surface area contributed by atoms with Gasteiger partial charge >= 0.3 is 12.1 Å². The Hall–Kier alpha value is -0.820. The van der Waals surface area contributed by atoms with E-state index in [0.717, 1.165) is 0 Å². The van der Waals surface area contributed by atoms with Crippen molar-refractivity contribution < 1.29 is 23.1 Å². The first kappa shape index (κ1) is 13.2. The van der Waals surface area contributed by atoms with Gasteiger partial charge in [-0.25, -0.2) is 0 Å². The molecule has 0 radical (unpaired) electrons. The zero-order valence-electron chi connectivity index (χ0n) is 9.00. The molecular formula is C9H15F3N2O2. The SMILES string of the molecule is CC1CN(CC(F)(F)F)CCN1CC(=O)O. The topological polar surface area (TPSA) is 43.8 Å². The summed E-state index contributed by atoms with van der Waals surface area (Å²) in [6.07, 6.45) is -4.19. The van der Waals surface area contributed by atoms with E-state index >= 15 is 0 Å². The van der Waals surface area contributed by atoms with E-state index in [4.69, 9.17) is 5.11 Å². The molecular weight excluding hydrogens is 225 g/mol. The Morgan fingerprint density at radius 1 is 1.44 bits per heavy atom. The maximum Gasteiger partial charge on any atom is 0.401 e. The molecule has 1 atom stereocenters. The zero-order valence-corrected chi connectivity index (χ0v) is 9.00. The summed E-state index contributed by atoms with van der Waals surface area (Å²) >= 11 is 0. The van der Waals surface area contributed by atoms with Gasteiger partial charge in [-0.2, -0.15) is 13.2 Å². The number of aliphatic carboxylic acids is 1. The predicted octanol–water partition coefficient (Wildman–Crippen LogP) is 0.639. The molecule has 7 heteroatoms. The number of carboxylic acid groups (broad SMARTS) is 1. The Morgan fingerprint density at radius 2 is 2.06 bits per heavy atom. The van der Waals surface area contributed by atoms with Crippen molar-refractivity contribution in [3.63, 3.8) is 0 Å². The van der Waals surface area contributed by atoms with Crippen molar-refractivity contribution in [1.82, 2.24) is 9.80 Å². The van der Waals surface area contributed by atoms with Crippen molar-refractivity contribution >= 4 is 5.97 Å². The lowest BCUT2D eigenvalue weighted by Gasteiger charge is -2.39. The number of nitrogens with zero attached hydrogens (tertiary/aromatic N) is 2. The first-order chi connectivity index (χ1) is 7.28. The number of hydrogen-bond donors (Lipinski definition) is 1. The lowest BCUT2D eigenvalue weighted by molar-refractivity contribution is -0.154. The molecule has 0 spiro atoms. The second kappa shape index (κ2) is 5.01. The average Bonchev–Trinajstić information content (AvgIpc) is 2.06. The summed E-state index contributed by atoms with van der Waals surface area (Å²) in [7, 11) is 0. The minimum atomic E-state index is -4.19. The summed E-state index contributed by atoms with van der Waals surface area (Å²) in [5, 5.41) is 8.60. The second-order valence-electron chi connectivity index (χ2n) is 4.06. The van der Waals surface area contributed by atoms with Gasteiger partial charge in [0.05, 0.1) is 13.1 Å². The smallest absolute Gasteiger partial charge is 0.401 e. The van der Waals surface area contributed by atoms with E-state index in [1.54, 1.807) is 11.8 Å². The second-order valence-corrected chi connectivity index (χ2v) is 4.06. The molecule has 1 saturated heterocycles. The Bertz CT molecular complexity index is 258. The highest BCUT2D eigenvalue weighted by molar-refractivity contribution is 5.69. The van der Waals surface area contributed by atoms with Crippen LogP contribution in [0, 0.1) is 0 Å². The van der Waals surface area contributed by atoms with Crippen LogP contribution in [0.1, 0.15) is 6.92 Å². The third-order valence-electron chi connectivity index (χ3n) is 2.59. The van der Waals surface area contributed by atoms with Crippen LogP contribution in [-0.4, -0.2) is 65.8 Å². The highest BCUT2D eigenvalue weighted by Gasteiger charge is 2.34. The number of halogens is 3. The number of alkyl halides is 3. The first-order valence-electron chi connectivity index (χ1n) is 5.03. The van der Waals surface area contributed by atoms with Crippen LogP contribution in [0.2, 0.25) is 0 Å². The highest BCUT2D eigenvalue weighted by Crippen LogP contribution is 2.19. The minimum absolute atomic E-state index is 0.110. The van der Waals surface area contributed by atoms with Gasteiger partial charge < -0.3 is 5.11 Å². The summed E-state index contributed by atoms with van der Waals surface area (Å²) in [6.45, 7) is 1.60. The standard InChI is InChI=1S/C9H15F3N2O2/c1-7-4-13(6-9(10,11)12)2-3-14(7)5-8(15)16/h7H,2-6H2,1H3,(H,15,16). The fourth-order valence-corrected chi connectivity index (χ4v) is 1.88. The lowest BCUT2D eigenvalue weighted by atomic mass is 10.2. The van der Waals surface area contributed by atoms with E-state index in [2.05, 4.69) is 0 Å². The van der Waals surface area contributed by atoms with Crippen LogP contribution >= 0.6 is 0 Å².